The normalized spacial score (nSPS) is 23.2. The van der Waals surface area contributed by atoms with Crippen molar-refractivity contribution in [1.82, 2.24) is 5.32 Å². The lowest BCUT2D eigenvalue weighted by molar-refractivity contribution is -0.140. The summed E-state index contributed by atoms with van der Waals surface area (Å²) < 4.78 is 0.955. The summed E-state index contributed by atoms with van der Waals surface area (Å²) in [5.74, 6) is -1.92. The molecular weight excluding hydrogens is 298 g/mol. The van der Waals surface area contributed by atoms with E-state index in [4.69, 9.17) is 5.11 Å². The highest BCUT2D eigenvalue weighted by Crippen LogP contribution is 2.39. The number of carboxylic acids is 1. The first-order valence-electron chi connectivity index (χ1n) is 5.77. The second-order valence-corrected chi connectivity index (χ2v) is 5.49. The van der Waals surface area contributed by atoms with Gasteiger partial charge in [-0.15, -0.1) is 0 Å². The number of nitrogens with one attached hydrogen (secondary N) is 1. The number of halogens is 1. The van der Waals surface area contributed by atoms with Gasteiger partial charge in [0.15, 0.2) is 0 Å². The molecular formula is C13H14BrNO3. The van der Waals surface area contributed by atoms with E-state index in [1.165, 1.54) is 0 Å². The standard InChI is InChI=1S/C13H14BrNO3/c1-7(8-3-2-4-9(14)5-8)15-12(16)10-6-11(10)13(17)18/h2-5,7,10-11H,6H2,1H3,(H,15,16)(H,17,18)/t7-,10+,11+/m0/s1. The lowest BCUT2D eigenvalue weighted by Gasteiger charge is -2.14. The summed E-state index contributed by atoms with van der Waals surface area (Å²) in [6.07, 6.45) is 0.451. The molecule has 2 rings (SSSR count). The van der Waals surface area contributed by atoms with E-state index in [-0.39, 0.29) is 17.9 Å². The van der Waals surface area contributed by atoms with E-state index < -0.39 is 11.9 Å². The van der Waals surface area contributed by atoms with Gasteiger partial charge < -0.3 is 10.4 Å². The molecule has 0 spiro atoms. The maximum atomic E-state index is 11.8. The number of benzene rings is 1. The van der Waals surface area contributed by atoms with Gasteiger partial charge in [-0.25, -0.2) is 0 Å². The minimum atomic E-state index is -0.884. The van der Waals surface area contributed by atoms with Crippen molar-refractivity contribution in [3.8, 4) is 0 Å². The second-order valence-electron chi connectivity index (χ2n) is 4.57. The average molecular weight is 312 g/mol. The van der Waals surface area contributed by atoms with E-state index in [2.05, 4.69) is 21.2 Å². The number of hydrogen-bond acceptors (Lipinski definition) is 2. The maximum Gasteiger partial charge on any atom is 0.307 e. The third-order valence-corrected chi connectivity index (χ3v) is 3.65. The topological polar surface area (TPSA) is 66.4 Å². The summed E-state index contributed by atoms with van der Waals surface area (Å²) in [7, 11) is 0. The molecule has 0 aliphatic heterocycles. The van der Waals surface area contributed by atoms with Crippen LogP contribution in [-0.4, -0.2) is 17.0 Å². The van der Waals surface area contributed by atoms with E-state index in [0.717, 1.165) is 10.0 Å². The SMILES string of the molecule is C[C@H](NC(=O)[C@@H]1C[C@H]1C(=O)O)c1cccc(Br)c1. The monoisotopic (exact) mass is 311 g/mol. The van der Waals surface area contributed by atoms with Gasteiger partial charge in [-0.05, 0) is 31.0 Å². The van der Waals surface area contributed by atoms with Crippen LogP contribution in [-0.2, 0) is 9.59 Å². The highest BCUT2D eigenvalue weighted by Gasteiger charge is 2.48. The van der Waals surface area contributed by atoms with Gasteiger partial charge in [-0.1, -0.05) is 28.1 Å². The van der Waals surface area contributed by atoms with Gasteiger partial charge >= 0.3 is 5.97 Å². The lowest BCUT2D eigenvalue weighted by atomic mass is 10.1. The first-order valence-corrected chi connectivity index (χ1v) is 6.57. The van der Waals surface area contributed by atoms with Crippen molar-refractivity contribution in [3.63, 3.8) is 0 Å². The Balaban J connectivity index is 1.94. The highest BCUT2D eigenvalue weighted by atomic mass is 79.9. The molecule has 1 aromatic rings. The van der Waals surface area contributed by atoms with Crippen LogP contribution in [0.3, 0.4) is 0 Å². The van der Waals surface area contributed by atoms with Gasteiger partial charge in [0.1, 0.15) is 0 Å². The smallest absolute Gasteiger partial charge is 0.307 e. The third kappa shape index (κ3) is 2.90. The maximum absolute atomic E-state index is 11.8. The van der Waals surface area contributed by atoms with Crippen LogP contribution in [0.15, 0.2) is 28.7 Å². The number of amides is 1. The van der Waals surface area contributed by atoms with E-state index in [1.807, 2.05) is 31.2 Å². The summed E-state index contributed by atoms with van der Waals surface area (Å²) in [6, 6.07) is 7.56. The Morgan fingerprint density at radius 2 is 2.17 bits per heavy atom. The van der Waals surface area contributed by atoms with E-state index in [0.29, 0.717) is 6.42 Å². The summed E-state index contributed by atoms with van der Waals surface area (Å²) in [6.45, 7) is 1.89. The molecule has 0 bridgehead atoms. The van der Waals surface area contributed by atoms with E-state index in [1.54, 1.807) is 0 Å². The van der Waals surface area contributed by atoms with Crippen LogP contribution in [0.1, 0.15) is 24.9 Å². The Morgan fingerprint density at radius 1 is 1.44 bits per heavy atom. The molecule has 1 amide bonds. The van der Waals surface area contributed by atoms with Crippen molar-refractivity contribution in [3.05, 3.63) is 34.3 Å². The molecule has 96 valence electrons. The van der Waals surface area contributed by atoms with Gasteiger partial charge in [-0.3, -0.25) is 9.59 Å². The molecule has 0 aromatic heterocycles. The Kier molecular flexibility index (Phi) is 3.71. The van der Waals surface area contributed by atoms with E-state index in [9.17, 15) is 9.59 Å². The van der Waals surface area contributed by atoms with Crippen molar-refractivity contribution in [2.45, 2.75) is 19.4 Å². The molecule has 5 heteroatoms. The molecule has 1 aromatic carbocycles. The van der Waals surface area contributed by atoms with Crippen LogP contribution < -0.4 is 5.32 Å². The highest BCUT2D eigenvalue weighted by molar-refractivity contribution is 9.10. The zero-order chi connectivity index (χ0) is 13.3. The first-order chi connectivity index (χ1) is 8.49. The van der Waals surface area contributed by atoms with Crippen molar-refractivity contribution in [2.75, 3.05) is 0 Å². The van der Waals surface area contributed by atoms with Gasteiger partial charge in [0.2, 0.25) is 5.91 Å². The Bertz CT molecular complexity index is 489. The molecule has 3 atom stereocenters. The molecule has 0 heterocycles. The lowest BCUT2D eigenvalue weighted by Crippen LogP contribution is -2.29. The van der Waals surface area contributed by atoms with E-state index >= 15 is 0 Å². The number of carboxylic acid groups (broad SMARTS) is 1. The van der Waals surface area contributed by atoms with Crippen molar-refractivity contribution < 1.29 is 14.7 Å². The summed E-state index contributed by atoms with van der Waals surface area (Å²) in [5.41, 5.74) is 0.991. The number of aliphatic carboxylic acids is 1. The van der Waals surface area contributed by atoms with Crippen LogP contribution in [0.25, 0.3) is 0 Å². The summed E-state index contributed by atoms with van der Waals surface area (Å²) in [5, 5.41) is 11.6. The number of carbonyl (C=O) groups excluding carboxylic acids is 1. The zero-order valence-corrected chi connectivity index (χ0v) is 11.5. The average Bonchev–Trinajstić information content (AvgIpc) is 3.08. The third-order valence-electron chi connectivity index (χ3n) is 3.15. The fourth-order valence-corrected chi connectivity index (χ4v) is 2.35. The minimum Gasteiger partial charge on any atom is -0.481 e. The fourth-order valence-electron chi connectivity index (χ4n) is 1.94. The summed E-state index contributed by atoms with van der Waals surface area (Å²) in [4.78, 5) is 22.5. The molecule has 0 radical (unpaired) electrons. The molecule has 1 saturated carbocycles. The second kappa shape index (κ2) is 5.10. The molecule has 2 N–H and O–H groups in total. The van der Waals surface area contributed by atoms with Crippen LogP contribution in [0, 0.1) is 11.8 Å². The molecule has 18 heavy (non-hydrogen) atoms. The largest absolute Gasteiger partial charge is 0.481 e. The van der Waals surface area contributed by atoms with Crippen molar-refractivity contribution in [1.29, 1.82) is 0 Å². The van der Waals surface area contributed by atoms with Gasteiger partial charge in [0.05, 0.1) is 17.9 Å². The van der Waals surface area contributed by atoms with Crippen LogP contribution in [0.5, 0.6) is 0 Å². The number of carbonyl (C=O) groups is 2. The Labute approximate surface area is 114 Å². The van der Waals surface area contributed by atoms with Gasteiger partial charge in [0, 0.05) is 4.47 Å². The zero-order valence-electron chi connectivity index (χ0n) is 9.89. The molecule has 0 saturated heterocycles. The van der Waals surface area contributed by atoms with Crippen molar-refractivity contribution >= 4 is 27.8 Å². The Morgan fingerprint density at radius 3 is 2.72 bits per heavy atom. The van der Waals surface area contributed by atoms with Crippen LogP contribution in [0.4, 0.5) is 0 Å². The molecule has 1 aliphatic carbocycles. The molecule has 1 aliphatic rings. The molecule has 0 unspecified atom stereocenters. The minimum absolute atomic E-state index is 0.120. The van der Waals surface area contributed by atoms with Crippen molar-refractivity contribution in [2.24, 2.45) is 11.8 Å². The Hall–Kier alpha value is -1.36. The van der Waals surface area contributed by atoms with Crippen LogP contribution in [0.2, 0.25) is 0 Å². The molecule has 1 fully saturated rings. The predicted octanol–water partition coefficient (Wildman–Crippen LogP) is 2.35. The number of rotatable bonds is 4. The van der Waals surface area contributed by atoms with Gasteiger partial charge in [0.25, 0.3) is 0 Å². The van der Waals surface area contributed by atoms with Crippen LogP contribution >= 0.6 is 15.9 Å². The summed E-state index contributed by atoms with van der Waals surface area (Å²) >= 11 is 3.38. The quantitative estimate of drug-likeness (QED) is 0.897. The first kappa shape index (κ1) is 13.1. The molecule has 4 nitrogen and oxygen atoms in total. The number of hydrogen-bond donors (Lipinski definition) is 2. The van der Waals surface area contributed by atoms with Gasteiger partial charge in [-0.2, -0.15) is 0 Å². The fraction of sp³-hybridized carbons (Fsp3) is 0.385. The predicted molar refractivity (Wildman–Crippen MR) is 69.9 cm³/mol.